The number of pyridine rings is 1. The molecule has 0 aliphatic carbocycles. The molecule has 0 aliphatic rings. The van der Waals surface area contributed by atoms with Crippen molar-refractivity contribution in [3.05, 3.63) is 192 Å². The van der Waals surface area contributed by atoms with Crippen LogP contribution in [0.4, 0.5) is 0 Å². The Kier molecular flexibility index (Phi) is 9.14. The maximum Gasteiger partial charge on any atom is 0.149 e. The highest BCUT2D eigenvalue weighted by atomic mass is 16.3. The Bertz CT molecular complexity index is 3610. The van der Waals surface area contributed by atoms with Gasteiger partial charge in [-0.15, -0.1) is 0 Å². The van der Waals surface area contributed by atoms with Crippen molar-refractivity contribution >= 4 is 11.0 Å². The summed E-state index contributed by atoms with van der Waals surface area (Å²) in [5, 5.41) is 12.6. The summed E-state index contributed by atoms with van der Waals surface area (Å²) in [4.78, 5) is 10.3. The Hall–Kier alpha value is -7.04. The lowest BCUT2D eigenvalue weighted by Gasteiger charge is -2.28. The molecule has 1 N–H and O–H groups in total. The molecule has 342 valence electrons. The van der Waals surface area contributed by atoms with Crippen molar-refractivity contribution in [1.29, 1.82) is 0 Å². The molecule has 0 unspecified atom stereocenters. The first-order chi connectivity index (χ1) is 35.9. The molecule has 0 bridgehead atoms. The van der Waals surface area contributed by atoms with E-state index in [1.807, 2.05) is 109 Å². The van der Waals surface area contributed by atoms with Gasteiger partial charge in [0.15, 0.2) is 0 Å². The molecule has 9 rings (SSSR count). The van der Waals surface area contributed by atoms with Crippen molar-refractivity contribution in [2.45, 2.75) is 105 Å². The highest BCUT2D eigenvalue weighted by Gasteiger charge is 2.31. The topological polar surface area (TPSA) is 50.9 Å². The highest BCUT2D eigenvalue weighted by Crippen LogP contribution is 2.46. The number of benzene rings is 7. The summed E-state index contributed by atoms with van der Waals surface area (Å²) in [7, 11) is 0. The van der Waals surface area contributed by atoms with Crippen molar-refractivity contribution in [2.24, 2.45) is 0 Å². The van der Waals surface area contributed by atoms with Gasteiger partial charge < -0.3 is 5.11 Å². The van der Waals surface area contributed by atoms with Gasteiger partial charge in [-0.1, -0.05) is 198 Å². The molecule has 0 amide bonds. The first kappa shape index (κ1) is 36.1. The van der Waals surface area contributed by atoms with Crippen LogP contribution in [0, 0.1) is 0 Å². The summed E-state index contributed by atoms with van der Waals surface area (Å²) >= 11 is 0. The van der Waals surface area contributed by atoms with Crippen molar-refractivity contribution in [3.8, 4) is 78.6 Å². The van der Waals surface area contributed by atoms with Crippen LogP contribution in [0.3, 0.4) is 0 Å². The molecular weight excluding hydrogens is 827 g/mol. The Morgan fingerprint density at radius 2 is 1.00 bits per heavy atom. The summed E-state index contributed by atoms with van der Waals surface area (Å²) in [6.07, 6.45) is 1.63. The average molecular weight is 901 g/mol. The number of para-hydroxylation sites is 1. The van der Waals surface area contributed by atoms with Crippen LogP contribution in [0.2, 0.25) is 0 Å². The Labute approximate surface area is 417 Å². The standard InChI is InChI=1S/C64H65N3O/c1-61(2,3)49-35-47(34-48(36-49)55-38-46(32-33-65-55)44-28-26-43(27-29-44)41-20-15-13-16-21-41)51-24-19-25-57-58(51)66-60(52-39-50(62(4,5)6)40-54(59(52)68)64(10,11)12)67(57)56-31-30-45(37-53(56)63(7,8)9)42-22-17-14-18-23-42/h13-40,68H,1-12H3/i1D3,2D3,3D3. The van der Waals surface area contributed by atoms with Gasteiger partial charge in [-0.3, -0.25) is 9.55 Å². The molecule has 0 fully saturated rings. The van der Waals surface area contributed by atoms with E-state index in [9.17, 15) is 5.11 Å². The van der Waals surface area contributed by atoms with Crippen LogP contribution >= 0.6 is 0 Å². The lowest BCUT2D eigenvalue weighted by atomic mass is 9.78. The van der Waals surface area contributed by atoms with Gasteiger partial charge in [0.2, 0.25) is 0 Å². The maximum atomic E-state index is 12.6. The Morgan fingerprint density at radius 1 is 0.441 bits per heavy atom. The minimum Gasteiger partial charge on any atom is -0.507 e. The first-order valence-electron chi connectivity index (χ1n) is 27.8. The number of aromatic nitrogens is 3. The van der Waals surface area contributed by atoms with E-state index < -0.39 is 42.4 Å². The van der Waals surface area contributed by atoms with Gasteiger partial charge >= 0.3 is 0 Å². The van der Waals surface area contributed by atoms with Crippen LogP contribution in [0.5, 0.6) is 5.75 Å². The Balaban J connectivity index is 1.38. The third-order valence-electron chi connectivity index (χ3n) is 12.9. The average Bonchev–Trinajstić information content (AvgIpc) is 3.99. The minimum atomic E-state index is -3.55. The quantitative estimate of drug-likeness (QED) is 0.173. The largest absolute Gasteiger partial charge is 0.507 e. The number of aromatic hydroxyl groups is 1. The number of nitrogens with zero attached hydrogens (tertiary/aromatic N) is 3. The van der Waals surface area contributed by atoms with Crippen LogP contribution in [-0.2, 0) is 21.7 Å². The molecule has 0 atom stereocenters. The van der Waals surface area contributed by atoms with Crippen LogP contribution in [0.25, 0.3) is 83.9 Å². The molecular formula is C64H65N3O. The van der Waals surface area contributed by atoms with E-state index in [0.29, 0.717) is 44.8 Å². The van der Waals surface area contributed by atoms with Crippen molar-refractivity contribution < 1.29 is 17.4 Å². The summed E-state index contributed by atoms with van der Waals surface area (Å²) in [5.41, 5.74) is 7.35. The molecule has 0 radical (unpaired) electrons. The van der Waals surface area contributed by atoms with Crippen molar-refractivity contribution in [2.75, 3.05) is 0 Å². The molecule has 2 heterocycles. The van der Waals surface area contributed by atoms with Crippen LogP contribution in [0.1, 0.15) is 117 Å². The van der Waals surface area contributed by atoms with E-state index in [2.05, 4.69) is 103 Å². The fourth-order valence-corrected chi connectivity index (χ4v) is 9.11. The highest BCUT2D eigenvalue weighted by molar-refractivity contribution is 5.97. The SMILES string of the molecule is [2H]C([2H])([2H])C(c1cc(-c2cc(-c3ccc(-c4ccccc4)cc3)ccn2)cc(-c2cccc3c2nc(-c2cc(C(C)(C)C)cc(C(C)(C)C)c2O)n3-c2ccc(-c3ccccc3)cc2C(C)(C)C)c1)(C([2H])([2H])[2H])C([2H])([2H])[2H]. The zero-order valence-electron chi connectivity index (χ0n) is 49.5. The molecule has 9 aromatic rings. The lowest BCUT2D eigenvalue weighted by Crippen LogP contribution is -2.18. The molecule has 68 heavy (non-hydrogen) atoms. The smallest absolute Gasteiger partial charge is 0.149 e. The zero-order chi connectivity index (χ0) is 55.8. The molecule has 2 aromatic heterocycles. The third-order valence-corrected chi connectivity index (χ3v) is 12.9. The second-order valence-corrected chi connectivity index (χ2v) is 21.1. The number of imidazole rings is 1. The number of hydrogen-bond acceptors (Lipinski definition) is 3. The van der Waals surface area contributed by atoms with Crippen LogP contribution in [0.15, 0.2) is 170 Å². The van der Waals surface area contributed by atoms with E-state index in [4.69, 9.17) is 22.3 Å². The van der Waals surface area contributed by atoms with Crippen LogP contribution < -0.4 is 0 Å². The van der Waals surface area contributed by atoms with E-state index in [-0.39, 0.29) is 11.2 Å². The fraction of sp³-hybridized carbons (Fsp3) is 0.250. The molecule has 4 heteroatoms. The zero-order valence-corrected chi connectivity index (χ0v) is 40.5. The summed E-state index contributed by atoms with van der Waals surface area (Å²) < 4.78 is 81.8. The number of fused-ring (bicyclic) bond motifs is 1. The van der Waals surface area contributed by atoms with Gasteiger partial charge in [-0.2, -0.15) is 0 Å². The molecule has 0 spiro atoms. The number of hydrogen-bond donors (Lipinski definition) is 1. The molecule has 0 aliphatic heterocycles. The second kappa shape index (κ2) is 17.2. The van der Waals surface area contributed by atoms with Gasteiger partial charge in [0.05, 0.1) is 28.0 Å². The van der Waals surface area contributed by atoms with Gasteiger partial charge in [-0.05, 0) is 126 Å². The summed E-state index contributed by atoms with van der Waals surface area (Å²) in [6.45, 7) is 8.40. The summed E-state index contributed by atoms with van der Waals surface area (Å²) in [6, 6.07) is 52.5. The minimum absolute atomic E-state index is 0.0737. The number of phenolic OH excluding ortho intramolecular Hbond substituents is 1. The second-order valence-electron chi connectivity index (χ2n) is 21.1. The van der Waals surface area contributed by atoms with Gasteiger partial charge in [0, 0.05) is 35.2 Å². The van der Waals surface area contributed by atoms with E-state index in [0.717, 1.165) is 55.8 Å². The third kappa shape index (κ3) is 9.05. The fourth-order valence-electron chi connectivity index (χ4n) is 9.11. The van der Waals surface area contributed by atoms with Crippen molar-refractivity contribution in [1.82, 2.24) is 14.5 Å². The predicted molar refractivity (Wildman–Crippen MR) is 288 cm³/mol. The van der Waals surface area contributed by atoms with Gasteiger partial charge in [-0.25, -0.2) is 4.98 Å². The maximum absolute atomic E-state index is 12.6. The Morgan fingerprint density at radius 3 is 1.62 bits per heavy atom. The molecule has 7 aromatic carbocycles. The molecule has 0 saturated carbocycles. The van der Waals surface area contributed by atoms with E-state index in [1.54, 1.807) is 12.3 Å². The first-order valence-corrected chi connectivity index (χ1v) is 23.3. The number of phenols is 1. The molecule has 0 saturated heterocycles. The monoisotopic (exact) mass is 901 g/mol. The van der Waals surface area contributed by atoms with Gasteiger partial charge in [0.25, 0.3) is 0 Å². The van der Waals surface area contributed by atoms with Crippen molar-refractivity contribution in [3.63, 3.8) is 0 Å². The number of rotatable bonds is 7. The normalized spacial score (nSPS) is 15.0. The molecule has 4 nitrogen and oxygen atoms in total. The van der Waals surface area contributed by atoms with E-state index in [1.165, 1.54) is 12.1 Å². The predicted octanol–water partition coefficient (Wildman–Crippen LogP) is 17.3. The summed E-state index contributed by atoms with van der Waals surface area (Å²) in [5.74, 6) is 0.509. The lowest BCUT2D eigenvalue weighted by molar-refractivity contribution is 0.446. The van der Waals surface area contributed by atoms with Gasteiger partial charge in [0.1, 0.15) is 11.6 Å². The van der Waals surface area contributed by atoms with E-state index >= 15 is 0 Å². The van der Waals surface area contributed by atoms with Crippen LogP contribution in [-0.4, -0.2) is 19.6 Å².